The van der Waals surface area contributed by atoms with Crippen LogP contribution in [0.3, 0.4) is 0 Å². The third-order valence-electron chi connectivity index (χ3n) is 3.79. The van der Waals surface area contributed by atoms with Crippen molar-refractivity contribution in [1.29, 1.82) is 5.26 Å². The summed E-state index contributed by atoms with van der Waals surface area (Å²) in [7, 11) is 0. The molecule has 0 aliphatic carbocycles. The predicted molar refractivity (Wildman–Crippen MR) is 79.2 cm³/mol. The van der Waals surface area contributed by atoms with E-state index < -0.39 is 0 Å². The molecule has 1 aliphatic heterocycles. The van der Waals surface area contributed by atoms with Crippen molar-refractivity contribution in [3.8, 4) is 6.07 Å². The molecule has 3 nitrogen and oxygen atoms in total. The lowest BCUT2D eigenvalue weighted by molar-refractivity contribution is 0.185. The van der Waals surface area contributed by atoms with Crippen LogP contribution in [0.1, 0.15) is 55.1 Å². The standard InChI is InChI=1S/C15H23N3S/c1-11(2)15-13(4-7-16)19-14(17-15)10-18-8-5-12(3)6-9-18/h11-12H,4-6,8-10H2,1-3H3. The van der Waals surface area contributed by atoms with Gasteiger partial charge in [-0.2, -0.15) is 5.26 Å². The first-order valence-electron chi connectivity index (χ1n) is 7.18. The number of aromatic nitrogens is 1. The van der Waals surface area contributed by atoms with E-state index in [1.807, 2.05) is 0 Å². The summed E-state index contributed by atoms with van der Waals surface area (Å²) in [6, 6.07) is 2.26. The molecule has 0 N–H and O–H groups in total. The number of likely N-dealkylation sites (tertiary alicyclic amines) is 1. The molecule has 0 atom stereocenters. The highest BCUT2D eigenvalue weighted by Crippen LogP contribution is 2.27. The fourth-order valence-corrected chi connectivity index (χ4v) is 3.74. The van der Waals surface area contributed by atoms with Crippen LogP contribution in [0.4, 0.5) is 0 Å². The Balaban J connectivity index is 2.04. The Bertz CT molecular complexity index is 450. The number of thiazole rings is 1. The molecule has 1 aliphatic rings. The van der Waals surface area contributed by atoms with Gasteiger partial charge in [-0.1, -0.05) is 20.8 Å². The first kappa shape index (κ1) is 14.5. The Morgan fingerprint density at radius 3 is 2.68 bits per heavy atom. The minimum absolute atomic E-state index is 0.412. The number of hydrogen-bond acceptors (Lipinski definition) is 4. The van der Waals surface area contributed by atoms with Gasteiger partial charge in [0.05, 0.1) is 24.7 Å². The predicted octanol–water partition coefficient (Wildman–Crippen LogP) is 3.56. The fraction of sp³-hybridized carbons (Fsp3) is 0.733. The zero-order valence-electron chi connectivity index (χ0n) is 12.1. The molecule has 4 heteroatoms. The van der Waals surface area contributed by atoms with Gasteiger partial charge in [0.1, 0.15) is 5.01 Å². The Kier molecular flexibility index (Phi) is 4.95. The molecule has 104 valence electrons. The van der Waals surface area contributed by atoms with Crippen LogP contribution in [-0.4, -0.2) is 23.0 Å². The second-order valence-electron chi connectivity index (χ2n) is 5.86. The van der Waals surface area contributed by atoms with Crippen molar-refractivity contribution in [3.63, 3.8) is 0 Å². The summed E-state index contributed by atoms with van der Waals surface area (Å²) in [5.74, 6) is 1.28. The average Bonchev–Trinajstić information content (AvgIpc) is 2.76. The molecule has 0 saturated carbocycles. The summed E-state index contributed by atoms with van der Waals surface area (Å²) in [5.41, 5.74) is 1.13. The molecule has 0 radical (unpaired) electrons. The lowest BCUT2D eigenvalue weighted by Gasteiger charge is -2.29. The Labute approximate surface area is 120 Å². The van der Waals surface area contributed by atoms with E-state index in [2.05, 4.69) is 31.7 Å². The summed E-state index contributed by atoms with van der Waals surface area (Å²) in [5, 5.41) is 10.1. The Morgan fingerprint density at radius 2 is 2.11 bits per heavy atom. The third kappa shape index (κ3) is 3.77. The number of nitriles is 1. The van der Waals surface area contributed by atoms with Crippen LogP contribution in [0, 0.1) is 17.2 Å². The highest BCUT2D eigenvalue weighted by atomic mass is 32.1. The highest BCUT2D eigenvalue weighted by molar-refractivity contribution is 7.11. The molecule has 2 heterocycles. The average molecular weight is 277 g/mol. The second kappa shape index (κ2) is 6.49. The van der Waals surface area contributed by atoms with Crippen molar-refractivity contribution >= 4 is 11.3 Å². The number of rotatable bonds is 4. The lowest BCUT2D eigenvalue weighted by Crippen LogP contribution is -2.32. The van der Waals surface area contributed by atoms with Crippen LogP contribution in [-0.2, 0) is 13.0 Å². The molecule has 0 amide bonds. The van der Waals surface area contributed by atoms with E-state index in [0.29, 0.717) is 12.3 Å². The molecule has 1 fully saturated rings. The van der Waals surface area contributed by atoms with Crippen LogP contribution in [0.15, 0.2) is 0 Å². The van der Waals surface area contributed by atoms with E-state index in [9.17, 15) is 0 Å². The van der Waals surface area contributed by atoms with E-state index in [4.69, 9.17) is 10.2 Å². The zero-order chi connectivity index (χ0) is 13.8. The van der Waals surface area contributed by atoms with E-state index >= 15 is 0 Å². The van der Waals surface area contributed by atoms with Gasteiger partial charge in [0.2, 0.25) is 0 Å². The Morgan fingerprint density at radius 1 is 1.42 bits per heavy atom. The van der Waals surface area contributed by atoms with Crippen LogP contribution >= 0.6 is 11.3 Å². The van der Waals surface area contributed by atoms with Crippen LogP contribution in [0.25, 0.3) is 0 Å². The van der Waals surface area contributed by atoms with Gasteiger partial charge in [0.25, 0.3) is 0 Å². The molecule has 0 unspecified atom stereocenters. The normalized spacial score (nSPS) is 17.8. The molecular formula is C15H23N3S. The maximum Gasteiger partial charge on any atom is 0.107 e. The molecular weight excluding hydrogens is 254 g/mol. The van der Waals surface area contributed by atoms with Gasteiger partial charge in [0.15, 0.2) is 0 Å². The minimum Gasteiger partial charge on any atom is -0.297 e. The molecule has 19 heavy (non-hydrogen) atoms. The highest BCUT2D eigenvalue weighted by Gasteiger charge is 2.19. The molecule has 0 bridgehead atoms. The first-order valence-corrected chi connectivity index (χ1v) is 7.99. The molecule has 1 aromatic rings. The summed E-state index contributed by atoms with van der Waals surface area (Å²) < 4.78 is 0. The second-order valence-corrected chi connectivity index (χ2v) is 7.03. The van der Waals surface area contributed by atoms with Crippen molar-refractivity contribution in [2.24, 2.45) is 5.92 Å². The smallest absolute Gasteiger partial charge is 0.107 e. The topological polar surface area (TPSA) is 39.9 Å². The van der Waals surface area contributed by atoms with Gasteiger partial charge in [-0.3, -0.25) is 4.90 Å². The summed E-state index contributed by atoms with van der Waals surface area (Å²) >= 11 is 1.73. The summed E-state index contributed by atoms with van der Waals surface area (Å²) in [4.78, 5) is 8.43. The lowest BCUT2D eigenvalue weighted by atomic mass is 9.99. The summed E-state index contributed by atoms with van der Waals surface area (Å²) in [6.07, 6.45) is 3.10. The van der Waals surface area contributed by atoms with Gasteiger partial charge in [-0.05, 0) is 37.8 Å². The van der Waals surface area contributed by atoms with E-state index in [-0.39, 0.29) is 0 Å². The van der Waals surface area contributed by atoms with Crippen molar-refractivity contribution in [2.45, 2.75) is 52.5 Å². The maximum absolute atomic E-state index is 8.90. The van der Waals surface area contributed by atoms with Crippen LogP contribution in [0.2, 0.25) is 0 Å². The Hall–Kier alpha value is -0.920. The van der Waals surface area contributed by atoms with Crippen molar-refractivity contribution in [1.82, 2.24) is 9.88 Å². The molecule has 1 aromatic heterocycles. The summed E-state index contributed by atoms with van der Waals surface area (Å²) in [6.45, 7) is 9.98. The van der Waals surface area contributed by atoms with Crippen LogP contribution in [0.5, 0.6) is 0 Å². The number of piperidine rings is 1. The number of nitrogens with zero attached hydrogens (tertiary/aromatic N) is 3. The quantitative estimate of drug-likeness (QED) is 0.844. The van der Waals surface area contributed by atoms with Gasteiger partial charge < -0.3 is 0 Å². The van der Waals surface area contributed by atoms with Crippen molar-refractivity contribution < 1.29 is 0 Å². The molecule has 0 spiro atoms. The van der Waals surface area contributed by atoms with E-state index in [1.54, 1.807) is 11.3 Å². The minimum atomic E-state index is 0.412. The van der Waals surface area contributed by atoms with Crippen LogP contribution < -0.4 is 0 Å². The van der Waals surface area contributed by atoms with Gasteiger partial charge in [-0.15, -0.1) is 11.3 Å². The van der Waals surface area contributed by atoms with Gasteiger partial charge >= 0.3 is 0 Å². The zero-order valence-corrected chi connectivity index (χ0v) is 13.0. The fourth-order valence-electron chi connectivity index (χ4n) is 2.54. The van der Waals surface area contributed by atoms with E-state index in [0.717, 1.165) is 23.0 Å². The molecule has 0 aromatic carbocycles. The molecule has 1 saturated heterocycles. The van der Waals surface area contributed by atoms with Crippen molar-refractivity contribution in [2.75, 3.05) is 13.1 Å². The monoisotopic (exact) mass is 277 g/mol. The first-order chi connectivity index (χ1) is 9.10. The van der Waals surface area contributed by atoms with Crippen molar-refractivity contribution in [3.05, 3.63) is 15.6 Å². The molecule has 2 rings (SSSR count). The third-order valence-corrected chi connectivity index (χ3v) is 4.85. The van der Waals surface area contributed by atoms with E-state index in [1.165, 1.54) is 30.9 Å². The van der Waals surface area contributed by atoms with Gasteiger partial charge in [-0.25, -0.2) is 4.98 Å². The maximum atomic E-state index is 8.90. The largest absolute Gasteiger partial charge is 0.297 e. The van der Waals surface area contributed by atoms with Gasteiger partial charge in [0, 0.05) is 4.88 Å². The number of hydrogen-bond donors (Lipinski definition) is 0. The SMILES string of the molecule is CC1CCN(Cc2nc(C(C)C)c(CC#N)s2)CC1.